The summed E-state index contributed by atoms with van der Waals surface area (Å²) in [4.78, 5) is 50.2. The summed E-state index contributed by atoms with van der Waals surface area (Å²) in [6.45, 7) is 2.66. The lowest BCUT2D eigenvalue weighted by Gasteiger charge is -2.36. The molecule has 68 heavy (non-hydrogen) atoms. The van der Waals surface area contributed by atoms with Crippen LogP contribution in [0.3, 0.4) is 0 Å². The van der Waals surface area contributed by atoms with E-state index in [-0.39, 0.29) is 19.3 Å². The Hall–Kier alpha value is -3.12. The Labute approximate surface area is 404 Å². The number of ether oxygens (including phenoxy) is 2. The van der Waals surface area contributed by atoms with Crippen molar-refractivity contribution in [3.63, 3.8) is 0 Å². The number of hydrogen-bond donors (Lipinski definition) is 8. The quantitative estimate of drug-likeness (QED) is 0.0225. The molecule has 0 aromatic rings. The molecule has 12 atom stereocenters. The predicted octanol–water partition coefficient (Wildman–Crippen LogP) is 6.87. The Morgan fingerprint density at radius 2 is 1.41 bits per heavy atom. The number of aliphatic hydroxyl groups is 7. The van der Waals surface area contributed by atoms with Crippen molar-refractivity contribution >= 4 is 25.5 Å². The number of allylic oxidation sites excluding steroid dienone is 10. The number of phosphoric ester groups is 1. The van der Waals surface area contributed by atoms with Crippen LogP contribution >= 0.6 is 7.82 Å². The number of carbonyl (C=O) groups excluding carboxylic acids is 3. The first-order valence-electron chi connectivity index (χ1n) is 24.8. The molecule has 1 unspecified atom stereocenters. The largest absolute Gasteiger partial charge is 0.472 e. The van der Waals surface area contributed by atoms with Gasteiger partial charge in [0, 0.05) is 25.2 Å². The van der Waals surface area contributed by atoms with Crippen LogP contribution in [-0.4, -0.2) is 127 Å². The fourth-order valence-corrected chi connectivity index (χ4v) is 8.78. The highest BCUT2D eigenvalue weighted by molar-refractivity contribution is 7.47. The zero-order valence-electron chi connectivity index (χ0n) is 40.3. The number of Topliss-reactive ketones (excluding diaryl/α,β-unsaturated/α-hetero) is 1. The Morgan fingerprint density at radius 1 is 0.779 bits per heavy atom. The van der Waals surface area contributed by atoms with E-state index in [1.807, 2.05) is 6.92 Å². The van der Waals surface area contributed by atoms with Gasteiger partial charge in [0.2, 0.25) is 0 Å². The summed E-state index contributed by atoms with van der Waals surface area (Å²) in [6, 6.07) is 0. The summed E-state index contributed by atoms with van der Waals surface area (Å²) in [5, 5.41) is 78.6. The summed E-state index contributed by atoms with van der Waals surface area (Å²) in [5.41, 5.74) is 0. The molecule has 2 bridgehead atoms. The van der Waals surface area contributed by atoms with Crippen LogP contribution < -0.4 is 0 Å². The molecule has 1 fully saturated rings. The fraction of sp³-hybridized carbons (Fsp3) is 0.706. The van der Waals surface area contributed by atoms with Crippen LogP contribution in [0.25, 0.3) is 0 Å². The second-order valence-electron chi connectivity index (χ2n) is 17.7. The number of hydrogen-bond acceptors (Lipinski definition) is 15. The van der Waals surface area contributed by atoms with Gasteiger partial charge in [0.15, 0.2) is 6.10 Å². The molecule has 1 heterocycles. The molecule has 2 rings (SSSR count). The Morgan fingerprint density at radius 3 is 2.09 bits per heavy atom. The summed E-state index contributed by atoms with van der Waals surface area (Å²) in [6.07, 6.45) is 17.5. The Bertz CT molecular complexity index is 1640. The lowest BCUT2D eigenvalue weighted by molar-refractivity contribution is -0.166. The highest BCUT2D eigenvalue weighted by Crippen LogP contribution is 2.47. The maximum atomic E-state index is 13.7. The van der Waals surface area contributed by atoms with E-state index < -0.39 is 112 Å². The van der Waals surface area contributed by atoms with E-state index in [9.17, 15) is 59.6 Å². The SMILES string of the molecule is CC/C=C\C/C=C\C/C=C\C/C=C\CCCCCCCCC(=O)O[C@@H]1COC(=O)CCC/C=C\C[C@@H]2[C@@H](O)[C@H](O)[C@@H](O)[C@H](OP(=O)(O)OC1)[C@H](O)[C@H](O)[C@@H](/C=C/[C@@H](O)CCCCC)C(=O)C[C@@H]2O. The third-order valence-electron chi connectivity index (χ3n) is 11.9. The number of fused-ring (bicyclic) bond motifs is 4. The van der Waals surface area contributed by atoms with E-state index >= 15 is 0 Å². The maximum Gasteiger partial charge on any atom is 0.472 e. The third kappa shape index (κ3) is 25.7. The molecule has 0 amide bonds. The second kappa shape index (κ2) is 35.9. The molecule has 2 aliphatic rings. The van der Waals surface area contributed by atoms with Gasteiger partial charge in [-0.1, -0.05) is 132 Å². The van der Waals surface area contributed by atoms with Gasteiger partial charge >= 0.3 is 19.8 Å². The normalized spacial score (nSPS) is 31.0. The van der Waals surface area contributed by atoms with Crippen molar-refractivity contribution in [1.82, 2.24) is 0 Å². The van der Waals surface area contributed by atoms with Crippen molar-refractivity contribution in [1.29, 1.82) is 0 Å². The van der Waals surface area contributed by atoms with Crippen molar-refractivity contribution in [3.8, 4) is 0 Å². The van der Waals surface area contributed by atoms with E-state index in [0.29, 0.717) is 32.1 Å². The topological polar surface area (TPSA) is 267 Å². The zero-order valence-corrected chi connectivity index (χ0v) is 41.2. The van der Waals surface area contributed by atoms with Gasteiger partial charge in [-0.15, -0.1) is 0 Å². The van der Waals surface area contributed by atoms with Crippen LogP contribution in [0, 0.1) is 11.8 Å². The van der Waals surface area contributed by atoms with E-state index in [2.05, 4.69) is 55.5 Å². The maximum absolute atomic E-state index is 13.7. The monoisotopic (exact) mass is 983 g/mol. The van der Waals surface area contributed by atoms with Crippen molar-refractivity contribution in [2.45, 2.75) is 204 Å². The lowest BCUT2D eigenvalue weighted by Crippen LogP contribution is -2.55. The molecule has 1 aliphatic heterocycles. The van der Waals surface area contributed by atoms with Gasteiger partial charge in [-0.05, 0) is 70.6 Å². The highest BCUT2D eigenvalue weighted by Gasteiger charge is 2.49. The number of aliphatic hydroxyl groups excluding tert-OH is 7. The fourth-order valence-electron chi connectivity index (χ4n) is 7.81. The number of unbranched alkanes of at least 4 members (excludes halogenated alkanes) is 8. The summed E-state index contributed by atoms with van der Waals surface area (Å²) < 4.78 is 34.7. The van der Waals surface area contributed by atoms with Gasteiger partial charge < -0.3 is 50.1 Å². The Balaban J connectivity index is 2.12. The second-order valence-corrected chi connectivity index (χ2v) is 19.1. The van der Waals surface area contributed by atoms with Gasteiger partial charge in [0.05, 0.1) is 36.9 Å². The van der Waals surface area contributed by atoms with Crippen molar-refractivity contribution in [3.05, 3.63) is 72.9 Å². The smallest absolute Gasteiger partial charge is 0.462 e. The molecule has 17 heteroatoms. The van der Waals surface area contributed by atoms with E-state index in [1.165, 1.54) is 6.08 Å². The van der Waals surface area contributed by atoms with Crippen molar-refractivity contribution in [2.75, 3.05) is 13.2 Å². The first-order chi connectivity index (χ1) is 32.6. The van der Waals surface area contributed by atoms with Gasteiger partial charge in [0.1, 0.15) is 36.8 Å². The number of cyclic esters (lactones) is 1. The third-order valence-corrected chi connectivity index (χ3v) is 12.9. The molecule has 0 spiro atoms. The molecule has 0 radical (unpaired) electrons. The van der Waals surface area contributed by atoms with Crippen LogP contribution in [0.1, 0.15) is 149 Å². The molecule has 0 saturated heterocycles. The number of ketones is 1. The van der Waals surface area contributed by atoms with E-state index in [4.69, 9.17) is 18.5 Å². The van der Waals surface area contributed by atoms with E-state index in [0.717, 1.165) is 83.1 Å². The molecule has 0 aromatic carbocycles. The molecule has 8 N–H and O–H groups in total. The van der Waals surface area contributed by atoms with Crippen molar-refractivity contribution < 1.29 is 78.1 Å². The first-order valence-corrected chi connectivity index (χ1v) is 26.3. The van der Waals surface area contributed by atoms with Gasteiger partial charge in [-0.2, -0.15) is 0 Å². The summed E-state index contributed by atoms with van der Waals surface area (Å²) >= 11 is 0. The molecule has 0 aromatic heterocycles. The minimum absolute atomic E-state index is 0.00434. The molecular weight excluding hydrogens is 900 g/mol. The van der Waals surface area contributed by atoms with Crippen LogP contribution in [0.4, 0.5) is 0 Å². The summed E-state index contributed by atoms with van der Waals surface area (Å²) in [7, 11) is -5.47. The summed E-state index contributed by atoms with van der Waals surface area (Å²) in [5.74, 6) is -5.19. The van der Waals surface area contributed by atoms with Gasteiger partial charge in [-0.3, -0.25) is 23.4 Å². The average Bonchev–Trinajstić information content (AvgIpc) is 3.31. The highest BCUT2D eigenvalue weighted by atomic mass is 31.2. The molecule has 1 aliphatic carbocycles. The molecule has 388 valence electrons. The number of rotatable bonds is 23. The minimum atomic E-state index is -5.47. The Kier molecular flexibility index (Phi) is 32.2. The number of esters is 2. The van der Waals surface area contributed by atoms with Crippen LogP contribution in [0.15, 0.2) is 72.9 Å². The van der Waals surface area contributed by atoms with E-state index in [1.54, 1.807) is 12.2 Å². The standard InChI is InChI=1S/C51H83O16P/c1-3-5-7-8-9-10-11-12-13-14-15-16-17-18-19-20-21-22-28-32-45(56)66-39-36-64-44(55)31-27-24-23-26-30-40-42(53)35-43(54)41(34-33-38(52)29-25-6-4-2)47(58)49(60)51(50(61)48(59)46(40)57)67-68(62,63)65-37-39/h5,7,9-10,12-13,15-16,23,26,33-34,38-42,46-53,57-61H,3-4,6,8,11,14,17-22,24-25,27-32,35-37H2,1-2H3,(H,62,63)/b7-5-,10-9-,13-12-,16-15-,26-23-,34-33+/t38-,39+,40-,41-,42-,46+,47+,48-,49+,50+,51+/m0/s1. The minimum Gasteiger partial charge on any atom is -0.462 e. The molecule has 16 nitrogen and oxygen atoms in total. The van der Waals surface area contributed by atoms with Gasteiger partial charge in [-0.25, -0.2) is 4.57 Å². The predicted molar refractivity (Wildman–Crippen MR) is 259 cm³/mol. The van der Waals surface area contributed by atoms with Crippen LogP contribution in [0.2, 0.25) is 0 Å². The molecule has 1 saturated carbocycles. The molecular formula is C51H83O16P. The van der Waals surface area contributed by atoms with Crippen LogP contribution in [0.5, 0.6) is 0 Å². The first kappa shape index (κ1) is 61.0. The average molecular weight is 983 g/mol. The van der Waals surface area contributed by atoms with Crippen molar-refractivity contribution in [2.24, 2.45) is 11.8 Å². The zero-order chi connectivity index (χ0) is 50.2. The lowest BCUT2D eigenvalue weighted by atomic mass is 9.83. The van der Waals surface area contributed by atoms with Crippen LogP contribution in [-0.2, 0) is 37.5 Å². The van der Waals surface area contributed by atoms with Gasteiger partial charge in [0.25, 0.3) is 0 Å². The number of carbonyl (C=O) groups is 3. The number of phosphoric acid groups is 1.